The Bertz CT molecular complexity index is 1240. The molecule has 0 aliphatic rings. The predicted molar refractivity (Wildman–Crippen MR) is 97.8 cm³/mol. The molecule has 0 bridgehead atoms. The Hall–Kier alpha value is -3.74. The molecule has 126 valence electrons. The Balaban J connectivity index is 1.56. The number of pyridine rings is 1. The Morgan fingerprint density at radius 2 is 1.92 bits per heavy atom. The second-order valence-electron chi connectivity index (χ2n) is 5.89. The fourth-order valence-corrected chi connectivity index (χ4v) is 2.97. The van der Waals surface area contributed by atoms with Crippen molar-refractivity contribution in [3.05, 3.63) is 72.8 Å². The molecule has 5 rings (SSSR count). The van der Waals surface area contributed by atoms with E-state index in [1.807, 2.05) is 42.5 Å². The van der Waals surface area contributed by atoms with E-state index in [-0.39, 0.29) is 5.82 Å². The molecule has 0 spiro atoms. The summed E-state index contributed by atoms with van der Waals surface area (Å²) in [6, 6.07) is 17.8. The van der Waals surface area contributed by atoms with Gasteiger partial charge in [0.15, 0.2) is 5.65 Å². The van der Waals surface area contributed by atoms with Crippen LogP contribution in [0.15, 0.2) is 67.0 Å². The number of H-pyrrole nitrogens is 1. The van der Waals surface area contributed by atoms with Gasteiger partial charge in [0.2, 0.25) is 5.95 Å². The number of fused-ring (bicyclic) bond motifs is 2. The maximum atomic E-state index is 13.6. The Morgan fingerprint density at radius 3 is 2.85 bits per heavy atom. The maximum absolute atomic E-state index is 13.6. The first kappa shape index (κ1) is 14.6. The van der Waals surface area contributed by atoms with Crippen molar-refractivity contribution in [3.8, 4) is 11.3 Å². The molecule has 0 aliphatic heterocycles. The first-order valence-electron chi connectivity index (χ1n) is 8.08. The highest BCUT2D eigenvalue weighted by atomic mass is 19.1. The molecule has 0 aliphatic carbocycles. The van der Waals surface area contributed by atoms with Gasteiger partial charge in [0.1, 0.15) is 5.82 Å². The molecule has 0 radical (unpaired) electrons. The third-order valence-corrected chi connectivity index (χ3v) is 4.16. The quantitative estimate of drug-likeness (QED) is 0.516. The highest BCUT2D eigenvalue weighted by molar-refractivity contribution is 5.79. The van der Waals surface area contributed by atoms with Gasteiger partial charge in [0.05, 0.1) is 23.1 Å². The number of imidazole rings is 1. The zero-order valence-electron chi connectivity index (χ0n) is 13.5. The standard InChI is InChI=1S/C19H13FN6/c20-13-4-1-3-12(9-13)17-5-2-6-18-24-19(25-26(17)18)23-14-7-8-15-16(10-14)22-11-21-15/h1-11H,(H,21,22)(H,23,25). The average molecular weight is 344 g/mol. The Labute approximate surface area is 147 Å². The minimum Gasteiger partial charge on any atom is -0.345 e. The summed E-state index contributed by atoms with van der Waals surface area (Å²) in [6.45, 7) is 0. The van der Waals surface area contributed by atoms with Crippen LogP contribution in [0.4, 0.5) is 16.0 Å². The minimum atomic E-state index is -0.286. The summed E-state index contributed by atoms with van der Waals surface area (Å²) >= 11 is 0. The third kappa shape index (κ3) is 2.46. The second kappa shape index (κ2) is 5.66. The van der Waals surface area contributed by atoms with Gasteiger partial charge in [-0.15, -0.1) is 5.10 Å². The molecule has 6 nitrogen and oxygen atoms in total. The largest absolute Gasteiger partial charge is 0.345 e. The van der Waals surface area contributed by atoms with Gasteiger partial charge in [-0.1, -0.05) is 18.2 Å². The summed E-state index contributed by atoms with van der Waals surface area (Å²) < 4.78 is 15.3. The molecule has 0 atom stereocenters. The lowest BCUT2D eigenvalue weighted by Gasteiger charge is -2.04. The molecule has 0 unspecified atom stereocenters. The van der Waals surface area contributed by atoms with E-state index in [0.29, 0.717) is 11.6 Å². The van der Waals surface area contributed by atoms with E-state index >= 15 is 0 Å². The van der Waals surface area contributed by atoms with Gasteiger partial charge in [0, 0.05) is 11.3 Å². The fourth-order valence-electron chi connectivity index (χ4n) is 2.97. The molecule has 0 saturated carbocycles. The zero-order valence-corrected chi connectivity index (χ0v) is 13.5. The maximum Gasteiger partial charge on any atom is 0.247 e. The van der Waals surface area contributed by atoms with E-state index in [1.54, 1.807) is 16.9 Å². The number of benzene rings is 2. The highest BCUT2D eigenvalue weighted by Crippen LogP contribution is 2.23. The summed E-state index contributed by atoms with van der Waals surface area (Å²) in [5.74, 6) is 0.179. The minimum absolute atomic E-state index is 0.286. The van der Waals surface area contributed by atoms with Crippen molar-refractivity contribution in [2.24, 2.45) is 0 Å². The lowest BCUT2D eigenvalue weighted by atomic mass is 10.1. The first-order valence-corrected chi connectivity index (χ1v) is 8.08. The average Bonchev–Trinajstić information content (AvgIpc) is 3.27. The van der Waals surface area contributed by atoms with Crippen molar-refractivity contribution >= 4 is 28.3 Å². The molecule has 0 fully saturated rings. The van der Waals surface area contributed by atoms with Crippen LogP contribution in [0, 0.1) is 5.82 Å². The smallest absolute Gasteiger partial charge is 0.247 e. The van der Waals surface area contributed by atoms with Crippen LogP contribution in [-0.4, -0.2) is 24.6 Å². The normalized spacial score (nSPS) is 11.3. The first-order chi connectivity index (χ1) is 12.8. The molecular formula is C19H13FN6. The summed E-state index contributed by atoms with van der Waals surface area (Å²) in [7, 11) is 0. The second-order valence-corrected chi connectivity index (χ2v) is 5.89. The lowest BCUT2D eigenvalue weighted by Crippen LogP contribution is -1.96. The molecule has 7 heteroatoms. The summed E-state index contributed by atoms with van der Waals surface area (Å²) in [6.07, 6.45) is 1.66. The number of hydrogen-bond acceptors (Lipinski definition) is 4. The van der Waals surface area contributed by atoms with E-state index in [4.69, 9.17) is 0 Å². The van der Waals surface area contributed by atoms with Crippen molar-refractivity contribution in [2.75, 3.05) is 5.32 Å². The van der Waals surface area contributed by atoms with E-state index in [1.165, 1.54) is 12.1 Å². The van der Waals surface area contributed by atoms with Gasteiger partial charge >= 0.3 is 0 Å². The van der Waals surface area contributed by atoms with Crippen molar-refractivity contribution in [2.45, 2.75) is 0 Å². The van der Waals surface area contributed by atoms with Gasteiger partial charge < -0.3 is 10.3 Å². The number of anilines is 2. The van der Waals surface area contributed by atoms with Crippen molar-refractivity contribution in [3.63, 3.8) is 0 Å². The van der Waals surface area contributed by atoms with Crippen molar-refractivity contribution in [1.82, 2.24) is 24.6 Å². The molecular weight excluding hydrogens is 331 g/mol. The van der Waals surface area contributed by atoms with Crippen LogP contribution >= 0.6 is 0 Å². The molecule has 3 heterocycles. The summed E-state index contributed by atoms with van der Waals surface area (Å²) in [4.78, 5) is 11.8. The third-order valence-electron chi connectivity index (χ3n) is 4.16. The molecule has 5 aromatic rings. The number of hydrogen-bond donors (Lipinski definition) is 2. The van der Waals surface area contributed by atoms with E-state index in [2.05, 4.69) is 25.4 Å². The molecule has 2 aromatic carbocycles. The van der Waals surface area contributed by atoms with E-state index in [0.717, 1.165) is 28.0 Å². The van der Waals surface area contributed by atoms with Crippen molar-refractivity contribution in [1.29, 1.82) is 0 Å². The van der Waals surface area contributed by atoms with Crippen LogP contribution < -0.4 is 5.32 Å². The monoisotopic (exact) mass is 344 g/mol. The topological polar surface area (TPSA) is 70.9 Å². The summed E-state index contributed by atoms with van der Waals surface area (Å²) in [5, 5.41) is 7.73. The van der Waals surface area contributed by atoms with Crippen LogP contribution in [0.5, 0.6) is 0 Å². The van der Waals surface area contributed by atoms with Crippen LogP contribution in [0.2, 0.25) is 0 Å². The van der Waals surface area contributed by atoms with Gasteiger partial charge in [-0.25, -0.2) is 13.9 Å². The lowest BCUT2D eigenvalue weighted by molar-refractivity contribution is 0.628. The number of aromatic amines is 1. The highest BCUT2D eigenvalue weighted by Gasteiger charge is 2.10. The number of nitrogens with zero attached hydrogens (tertiary/aromatic N) is 4. The number of halogens is 1. The summed E-state index contributed by atoms with van der Waals surface area (Å²) in [5.41, 5.74) is 4.87. The van der Waals surface area contributed by atoms with E-state index in [9.17, 15) is 4.39 Å². The number of nitrogens with one attached hydrogen (secondary N) is 2. The SMILES string of the molecule is Fc1cccc(-c2cccc3nc(Nc4ccc5nc[nH]c5c4)nn23)c1. The predicted octanol–water partition coefficient (Wildman–Crippen LogP) is 4.16. The number of aromatic nitrogens is 5. The fraction of sp³-hybridized carbons (Fsp3) is 0. The molecule has 0 amide bonds. The van der Waals surface area contributed by atoms with Gasteiger partial charge in [-0.3, -0.25) is 0 Å². The van der Waals surface area contributed by atoms with E-state index < -0.39 is 0 Å². The molecule has 3 aromatic heterocycles. The van der Waals surface area contributed by atoms with Gasteiger partial charge in [-0.2, -0.15) is 4.98 Å². The molecule has 2 N–H and O–H groups in total. The molecule has 26 heavy (non-hydrogen) atoms. The van der Waals surface area contributed by atoms with Crippen LogP contribution in [0.1, 0.15) is 0 Å². The van der Waals surface area contributed by atoms with Gasteiger partial charge in [-0.05, 0) is 42.5 Å². The van der Waals surface area contributed by atoms with Crippen molar-refractivity contribution < 1.29 is 4.39 Å². The van der Waals surface area contributed by atoms with Gasteiger partial charge in [0.25, 0.3) is 0 Å². The Kier molecular flexibility index (Phi) is 3.18. The number of rotatable bonds is 3. The van der Waals surface area contributed by atoms with Crippen LogP contribution in [-0.2, 0) is 0 Å². The molecule has 0 saturated heterocycles. The zero-order chi connectivity index (χ0) is 17.5. The van der Waals surface area contributed by atoms with Crippen LogP contribution in [0.25, 0.3) is 27.9 Å². The Morgan fingerprint density at radius 1 is 1.00 bits per heavy atom. The van der Waals surface area contributed by atoms with Crippen LogP contribution in [0.3, 0.4) is 0 Å².